The summed E-state index contributed by atoms with van der Waals surface area (Å²) < 4.78 is 0. The Hall–Kier alpha value is -2.85. The maximum atomic E-state index is 14.1. The van der Waals surface area contributed by atoms with Crippen molar-refractivity contribution in [2.24, 2.45) is 5.92 Å². The predicted octanol–water partition coefficient (Wildman–Crippen LogP) is 3.66. The number of hydrogen-bond donors (Lipinski definition) is 3. The van der Waals surface area contributed by atoms with Crippen LogP contribution in [0.3, 0.4) is 0 Å². The minimum Gasteiger partial charge on any atom is -0.394 e. The van der Waals surface area contributed by atoms with Crippen LogP contribution in [0, 0.1) is 5.92 Å². The average molecular weight is 551 g/mol. The van der Waals surface area contributed by atoms with Gasteiger partial charge in [-0.2, -0.15) is 0 Å². The summed E-state index contributed by atoms with van der Waals surface area (Å²) in [7, 11) is 0. The maximum absolute atomic E-state index is 14.1. The first-order valence-electron chi connectivity index (χ1n) is 14.0. The molecule has 1 aliphatic carbocycles. The molecule has 208 valence electrons. The first-order chi connectivity index (χ1) is 18.9. The summed E-state index contributed by atoms with van der Waals surface area (Å²) in [5.74, 6) is 0.295. The Morgan fingerprint density at radius 1 is 1.15 bits per heavy atom. The Kier molecular flexibility index (Phi) is 8.92. The van der Waals surface area contributed by atoms with E-state index in [1.54, 1.807) is 16.2 Å². The highest BCUT2D eigenvalue weighted by molar-refractivity contribution is 7.13. The molecular formula is C30H38N4O4S. The molecule has 2 aliphatic rings. The van der Waals surface area contributed by atoms with Gasteiger partial charge < -0.3 is 20.4 Å². The third kappa shape index (κ3) is 6.32. The van der Waals surface area contributed by atoms with Gasteiger partial charge in [0.1, 0.15) is 0 Å². The molecule has 8 nitrogen and oxygen atoms in total. The van der Waals surface area contributed by atoms with E-state index in [2.05, 4.69) is 12.2 Å². The lowest BCUT2D eigenvalue weighted by molar-refractivity contribution is -0.138. The van der Waals surface area contributed by atoms with Crippen molar-refractivity contribution in [3.05, 3.63) is 52.9 Å². The number of fused-ring (bicyclic) bond motifs is 1. The number of aromatic nitrogens is 1. The number of piperazine rings is 1. The molecule has 2 fully saturated rings. The van der Waals surface area contributed by atoms with E-state index in [0.29, 0.717) is 31.1 Å². The van der Waals surface area contributed by atoms with Crippen LogP contribution in [0.1, 0.15) is 54.9 Å². The van der Waals surface area contributed by atoms with Gasteiger partial charge in [-0.1, -0.05) is 43.5 Å². The molecule has 2 amide bonds. The molecule has 3 N–H and O–H groups in total. The molecule has 0 unspecified atom stereocenters. The number of rotatable bonds is 9. The van der Waals surface area contributed by atoms with E-state index >= 15 is 0 Å². The van der Waals surface area contributed by atoms with Gasteiger partial charge in [0.2, 0.25) is 5.91 Å². The fraction of sp³-hybridized carbons (Fsp3) is 0.500. The largest absolute Gasteiger partial charge is 0.394 e. The van der Waals surface area contributed by atoms with Crippen LogP contribution in [0.4, 0.5) is 0 Å². The summed E-state index contributed by atoms with van der Waals surface area (Å²) in [4.78, 5) is 36.7. The minimum atomic E-state index is -0.947. The van der Waals surface area contributed by atoms with Crippen molar-refractivity contribution >= 4 is 34.1 Å². The molecule has 2 aromatic heterocycles. The Morgan fingerprint density at radius 2 is 1.95 bits per heavy atom. The number of thiophene rings is 1. The highest BCUT2D eigenvalue weighted by Gasteiger charge is 2.30. The van der Waals surface area contributed by atoms with Crippen molar-refractivity contribution in [3.8, 4) is 10.6 Å². The molecule has 0 spiro atoms. The zero-order valence-corrected chi connectivity index (χ0v) is 23.3. The van der Waals surface area contributed by atoms with E-state index in [9.17, 15) is 19.8 Å². The summed E-state index contributed by atoms with van der Waals surface area (Å²) in [6.07, 6.45) is 5.04. The number of carbonyl (C=O) groups excluding carboxylic acids is 2. The van der Waals surface area contributed by atoms with E-state index in [1.165, 1.54) is 19.3 Å². The number of para-hydroxylation sites is 1. The SMILES string of the molecule is C[C@H](NC(=O)c1c(CN2CCN(C[C@H](O)CO)C(=O)C2)c(-c2cccs2)nc2ccccc12)C1CCCCC1. The molecule has 9 heteroatoms. The Labute approximate surface area is 233 Å². The van der Waals surface area contributed by atoms with Crippen LogP contribution in [0.15, 0.2) is 41.8 Å². The van der Waals surface area contributed by atoms with Crippen LogP contribution in [-0.4, -0.2) is 81.7 Å². The number of hydrogen-bond acceptors (Lipinski definition) is 7. The van der Waals surface area contributed by atoms with Crippen molar-refractivity contribution in [2.75, 3.05) is 32.8 Å². The van der Waals surface area contributed by atoms with Gasteiger partial charge in [-0.25, -0.2) is 4.98 Å². The Morgan fingerprint density at radius 3 is 2.67 bits per heavy atom. The van der Waals surface area contributed by atoms with Gasteiger partial charge in [0.05, 0.1) is 40.9 Å². The standard InChI is InChI=1S/C30H38N4O4S/c1-20(21-8-3-2-4-9-21)31-30(38)28-23-10-5-6-11-25(23)32-29(26-12-7-15-39-26)24(28)17-33-13-14-34(27(37)18-33)16-22(36)19-35/h5-7,10-12,15,20-22,35-36H,2-4,8-9,13-14,16-19H2,1H3,(H,31,38)/t20-,22-/m0/s1. The number of aliphatic hydroxyl groups excluding tert-OH is 2. The van der Waals surface area contributed by atoms with Crippen molar-refractivity contribution in [3.63, 3.8) is 0 Å². The minimum absolute atomic E-state index is 0.0749. The number of benzene rings is 1. The normalized spacial score (nSPS) is 18.8. The average Bonchev–Trinajstić information content (AvgIpc) is 3.49. The number of pyridine rings is 1. The predicted molar refractivity (Wildman–Crippen MR) is 154 cm³/mol. The summed E-state index contributed by atoms with van der Waals surface area (Å²) >= 11 is 1.59. The second-order valence-electron chi connectivity index (χ2n) is 10.9. The van der Waals surface area contributed by atoms with E-state index in [1.807, 2.05) is 46.7 Å². The molecule has 3 aromatic rings. The quantitative estimate of drug-likeness (QED) is 0.376. The van der Waals surface area contributed by atoms with Crippen LogP contribution in [-0.2, 0) is 11.3 Å². The van der Waals surface area contributed by atoms with Crippen molar-refractivity contribution in [2.45, 2.75) is 57.7 Å². The van der Waals surface area contributed by atoms with Crippen molar-refractivity contribution in [1.29, 1.82) is 0 Å². The van der Waals surface area contributed by atoms with Gasteiger partial charge >= 0.3 is 0 Å². The second-order valence-corrected chi connectivity index (χ2v) is 11.8. The second kappa shape index (κ2) is 12.6. The maximum Gasteiger partial charge on any atom is 0.252 e. The Bertz CT molecular complexity index is 1290. The molecule has 1 saturated carbocycles. The molecule has 0 bridgehead atoms. The zero-order valence-electron chi connectivity index (χ0n) is 22.5. The van der Waals surface area contributed by atoms with Gasteiger partial charge in [0.15, 0.2) is 0 Å². The highest BCUT2D eigenvalue weighted by atomic mass is 32.1. The van der Waals surface area contributed by atoms with Gasteiger partial charge in [-0.15, -0.1) is 11.3 Å². The fourth-order valence-corrected chi connectivity index (χ4v) is 6.68. The highest BCUT2D eigenvalue weighted by Crippen LogP contribution is 2.34. The van der Waals surface area contributed by atoms with Gasteiger partial charge in [0, 0.05) is 43.2 Å². The molecule has 5 rings (SSSR count). The molecule has 0 radical (unpaired) electrons. The monoisotopic (exact) mass is 550 g/mol. The number of β-amino-alcohol motifs (C(OH)–C–C–N with tert-alkyl or cyclic N) is 1. The first kappa shape index (κ1) is 27.7. The number of carbonyl (C=O) groups is 2. The summed E-state index contributed by atoms with van der Waals surface area (Å²) in [5.41, 5.74) is 3.03. The van der Waals surface area contributed by atoms with Crippen LogP contribution in [0.25, 0.3) is 21.5 Å². The molecule has 1 saturated heterocycles. The molecule has 1 aliphatic heterocycles. The van der Waals surface area contributed by atoms with Gasteiger partial charge in [0.25, 0.3) is 5.91 Å². The van der Waals surface area contributed by atoms with E-state index < -0.39 is 6.10 Å². The molecular weight excluding hydrogens is 512 g/mol. The van der Waals surface area contributed by atoms with E-state index in [-0.39, 0.29) is 37.6 Å². The number of nitrogens with one attached hydrogen (secondary N) is 1. The number of aliphatic hydroxyl groups is 2. The van der Waals surface area contributed by atoms with E-state index in [0.717, 1.165) is 39.9 Å². The van der Waals surface area contributed by atoms with Crippen LogP contribution in [0.5, 0.6) is 0 Å². The fourth-order valence-electron chi connectivity index (χ4n) is 5.93. The van der Waals surface area contributed by atoms with E-state index in [4.69, 9.17) is 4.98 Å². The Balaban J connectivity index is 1.50. The van der Waals surface area contributed by atoms with Crippen LogP contribution < -0.4 is 5.32 Å². The summed E-state index contributed by atoms with van der Waals surface area (Å²) in [6.45, 7) is 3.50. The first-order valence-corrected chi connectivity index (χ1v) is 14.9. The molecule has 1 aromatic carbocycles. The van der Waals surface area contributed by atoms with Crippen LogP contribution in [0.2, 0.25) is 0 Å². The lowest BCUT2D eigenvalue weighted by atomic mass is 9.84. The van der Waals surface area contributed by atoms with Gasteiger partial charge in [-0.05, 0) is 43.2 Å². The van der Waals surface area contributed by atoms with Gasteiger partial charge in [-0.3, -0.25) is 14.5 Å². The van der Waals surface area contributed by atoms with Crippen LogP contribution >= 0.6 is 11.3 Å². The molecule has 2 atom stereocenters. The summed E-state index contributed by atoms with van der Waals surface area (Å²) in [6, 6.07) is 11.9. The van der Waals surface area contributed by atoms with Crippen molar-refractivity contribution < 1.29 is 19.8 Å². The lowest BCUT2D eigenvalue weighted by Crippen LogP contribution is -2.52. The molecule has 3 heterocycles. The number of nitrogens with zero attached hydrogens (tertiary/aromatic N) is 3. The topological polar surface area (TPSA) is 106 Å². The third-order valence-corrected chi connectivity index (χ3v) is 8.99. The lowest BCUT2D eigenvalue weighted by Gasteiger charge is -2.35. The third-order valence-electron chi connectivity index (χ3n) is 8.11. The molecule has 39 heavy (non-hydrogen) atoms. The zero-order chi connectivity index (χ0) is 27.4. The summed E-state index contributed by atoms with van der Waals surface area (Å²) in [5, 5.41) is 25.2. The number of amides is 2. The van der Waals surface area contributed by atoms with Crippen molar-refractivity contribution in [1.82, 2.24) is 20.1 Å². The smallest absolute Gasteiger partial charge is 0.252 e.